The lowest BCUT2D eigenvalue weighted by molar-refractivity contribution is -0.137. The van der Waals surface area contributed by atoms with Crippen molar-refractivity contribution in [2.45, 2.75) is 6.18 Å². The van der Waals surface area contributed by atoms with E-state index in [4.69, 9.17) is 0 Å². The number of aromatic nitrogens is 1. The smallest absolute Gasteiger partial charge is 0.354 e. The van der Waals surface area contributed by atoms with Gasteiger partial charge in [-0.05, 0) is 12.1 Å². The fourth-order valence-corrected chi connectivity index (χ4v) is 0.824. The molecule has 1 N–H and O–H groups in total. The first-order valence-electron chi connectivity index (χ1n) is 3.70. The summed E-state index contributed by atoms with van der Waals surface area (Å²) < 4.78 is 36.2. The molecular formula is C8H7F3N2O. The van der Waals surface area contributed by atoms with Crippen molar-refractivity contribution in [1.29, 1.82) is 0 Å². The average molecular weight is 204 g/mol. The van der Waals surface area contributed by atoms with Crippen molar-refractivity contribution in [3.63, 3.8) is 0 Å². The summed E-state index contributed by atoms with van der Waals surface area (Å²) in [6.45, 7) is 0. The molecule has 0 radical (unpaired) electrons. The van der Waals surface area contributed by atoms with E-state index >= 15 is 0 Å². The van der Waals surface area contributed by atoms with Crippen molar-refractivity contribution in [2.75, 3.05) is 7.05 Å². The van der Waals surface area contributed by atoms with E-state index in [1.807, 2.05) is 0 Å². The second-order valence-corrected chi connectivity index (χ2v) is 2.51. The summed E-state index contributed by atoms with van der Waals surface area (Å²) in [7, 11) is 1.38. The Morgan fingerprint density at radius 1 is 1.43 bits per heavy atom. The SMILES string of the molecule is CNC(=O)c1ccc(C(F)(F)F)cn1. The quantitative estimate of drug-likeness (QED) is 0.752. The molecular weight excluding hydrogens is 197 g/mol. The highest BCUT2D eigenvalue weighted by atomic mass is 19.4. The third kappa shape index (κ3) is 2.21. The zero-order chi connectivity index (χ0) is 10.8. The number of hydrogen-bond donors (Lipinski definition) is 1. The molecule has 6 heteroatoms. The van der Waals surface area contributed by atoms with Gasteiger partial charge in [-0.3, -0.25) is 9.78 Å². The molecule has 0 atom stereocenters. The van der Waals surface area contributed by atoms with Gasteiger partial charge in [0.15, 0.2) is 0 Å². The molecule has 0 saturated carbocycles. The molecule has 3 nitrogen and oxygen atoms in total. The first-order chi connectivity index (χ1) is 6.45. The third-order valence-corrected chi connectivity index (χ3v) is 1.55. The van der Waals surface area contributed by atoms with Gasteiger partial charge in [-0.1, -0.05) is 0 Å². The number of nitrogens with one attached hydrogen (secondary N) is 1. The van der Waals surface area contributed by atoms with Crippen molar-refractivity contribution in [1.82, 2.24) is 10.3 Å². The van der Waals surface area contributed by atoms with E-state index in [1.54, 1.807) is 0 Å². The summed E-state index contributed by atoms with van der Waals surface area (Å²) >= 11 is 0. The Balaban J connectivity index is 2.95. The van der Waals surface area contributed by atoms with Crippen molar-refractivity contribution in [3.05, 3.63) is 29.6 Å². The lowest BCUT2D eigenvalue weighted by Crippen LogP contribution is -2.19. The van der Waals surface area contributed by atoms with Gasteiger partial charge in [0.1, 0.15) is 5.69 Å². The highest BCUT2D eigenvalue weighted by molar-refractivity contribution is 5.91. The minimum Gasteiger partial charge on any atom is -0.354 e. The number of amides is 1. The predicted octanol–water partition coefficient (Wildman–Crippen LogP) is 1.46. The molecule has 0 unspecified atom stereocenters. The minimum absolute atomic E-state index is 0.0412. The molecule has 0 saturated heterocycles. The second kappa shape index (κ2) is 3.65. The van der Waals surface area contributed by atoms with Gasteiger partial charge < -0.3 is 5.32 Å². The van der Waals surface area contributed by atoms with E-state index in [0.29, 0.717) is 6.20 Å². The topological polar surface area (TPSA) is 42.0 Å². The van der Waals surface area contributed by atoms with E-state index in [0.717, 1.165) is 12.1 Å². The van der Waals surface area contributed by atoms with Gasteiger partial charge >= 0.3 is 6.18 Å². The van der Waals surface area contributed by atoms with Gasteiger partial charge in [0, 0.05) is 13.2 Å². The van der Waals surface area contributed by atoms with E-state index in [1.165, 1.54) is 7.05 Å². The van der Waals surface area contributed by atoms with Crippen molar-refractivity contribution < 1.29 is 18.0 Å². The van der Waals surface area contributed by atoms with Gasteiger partial charge in [0.25, 0.3) is 5.91 Å². The molecule has 0 fully saturated rings. The molecule has 0 aromatic carbocycles. The number of carbonyl (C=O) groups is 1. The Morgan fingerprint density at radius 2 is 2.07 bits per heavy atom. The lowest BCUT2D eigenvalue weighted by atomic mass is 10.2. The van der Waals surface area contributed by atoms with Crippen LogP contribution in [-0.2, 0) is 6.18 Å². The molecule has 0 spiro atoms. The molecule has 1 rings (SSSR count). The van der Waals surface area contributed by atoms with Crippen molar-refractivity contribution >= 4 is 5.91 Å². The summed E-state index contributed by atoms with van der Waals surface area (Å²) in [4.78, 5) is 14.3. The molecule has 0 aliphatic rings. The number of carbonyl (C=O) groups excluding carboxylic acids is 1. The molecule has 1 amide bonds. The zero-order valence-electron chi connectivity index (χ0n) is 7.22. The Morgan fingerprint density at radius 3 is 2.43 bits per heavy atom. The highest BCUT2D eigenvalue weighted by Crippen LogP contribution is 2.28. The average Bonchev–Trinajstić information content (AvgIpc) is 2.15. The van der Waals surface area contributed by atoms with Crippen LogP contribution in [0.2, 0.25) is 0 Å². The lowest BCUT2D eigenvalue weighted by Gasteiger charge is -2.05. The van der Waals surface area contributed by atoms with Crippen LogP contribution in [-0.4, -0.2) is 17.9 Å². The molecule has 1 heterocycles. The predicted molar refractivity (Wildman–Crippen MR) is 42.6 cm³/mol. The molecule has 1 aromatic heterocycles. The minimum atomic E-state index is -4.42. The Bertz CT molecular complexity index is 331. The molecule has 14 heavy (non-hydrogen) atoms. The number of rotatable bonds is 1. The standard InChI is InChI=1S/C8H7F3N2O/c1-12-7(14)6-3-2-5(4-13-6)8(9,10)11/h2-4H,1H3,(H,12,14). The first-order valence-corrected chi connectivity index (χ1v) is 3.70. The maximum Gasteiger partial charge on any atom is 0.417 e. The Kier molecular flexibility index (Phi) is 2.73. The first kappa shape index (κ1) is 10.5. The van der Waals surface area contributed by atoms with E-state index in [9.17, 15) is 18.0 Å². The summed E-state index contributed by atoms with van der Waals surface area (Å²) in [6, 6.07) is 1.85. The van der Waals surface area contributed by atoms with E-state index in [2.05, 4.69) is 10.3 Å². The molecule has 1 aromatic rings. The summed E-state index contributed by atoms with van der Waals surface area (Å²) in [5.41, 5.74) is -0.911. The molecule has 0 aliphatic heterocycles. The third-order valence-electron chi connectivity index (χ3n) is 1.55. The Hall–Kier alpha value is -1.59. The number of nitrogens with zero attached hydrogens (tertiary/aromatic N) is 1. The van der Waals surface area contributed by atoms with Crippen LogP contribution in [0.5, 0.6) is 0 Å². The van der Waals surface area contributed by atoms with Crippen LogP contribution < -0.4 is 5.32 Å². The van der Waals surface area contributed by atoms with Crippen molar-refractivity contribution in [3.8, 4) is 0 Å². The van der Waals surface area contributed by atoms with Gasteiger partial charge in [0.2, 0.25) is 0 Å². The van der Waals surface area contributed by atoms with Crippen molar-refractivity contribution in [2.24, 2.45) is 0 Å². The van der Waals surface area contributed by atoms with E-state index < -0.39 is 17.6 Å². The Labute approximate surface area is 78.0 Å². The van der Waals surface area contributed by atoms with Crippen LogP contribution in [0.25, 0.3) is 0 Å². The van der Waals surface area contributed by atoms with Crippen LogP contribution >= 0.6 is 0 Å². The van der Waals surface area contributed by atoms with Crippen LogP contribution in [0.1, 0.15) is 16.1 Å². The van der Waals surface area contributed by atoms with Gasteiger partial charge in [-0.2, -0.15) is 13.2 Å². The van der Waals surface area contributed by atoms with E-state index in [-0.39, 0.29) is 5.69 Å². The van der Waals surface area contributed by atoms with Crippen LogP contribution in [0.4, 0.5) is 13.2 Å². The van der Waals surface area contributed by atoms with Gasteiger partial charge in [-0.15, -0.1) is 0 Å². The largest absolute Gasteiger partial charge is 0.417 e. The number of pyridine rings is 1. The number of alkyl halides is 3. The van der Waals surface area contributed by atoms with Gasteiger partial charge in [-0.25, -0.2) is 0 Å². The maximum atomic E-state index is 12.1. The fourth-order valence-electron chi connectivity index (χ4n) is 0.824. The molecule has 0 aliphatic carbocycles. The normalized spacial score (nSPS) is 11.1. The number of halogens is 3. The summed E-state index contributed by atoms with van der Waals surface area (Å²) in [5, 5.41) is 2.26. The molecule has 0 bridgehead atoms. The number of hydrogen-bond acceptors (Lipinski definition) is 2. The fraction of sp³-hybridized carbons (Fsp3) is 0.250. The maximum absolute atomic E-state index is 12.1. The molecule has 76 valence electrons. The van der Waals surface area contributed by atoms with Crippen LogP contribution in [0.15, 0.2) is 18.3 Å². The zero-order valence-corrected chi connectivity index (χ0v) is 7.22. The second-order valence-electron chi connectivity index (χ2n) is 2.51. The summed E-state index contributed by atoms with van der Waals surface area (Å²) in [5.74, 6) is -0.515. The monoisotopic (exact) mass is 204 g/mol. The van der Waals surface area contributed by atoms with Crippen LogP contribution in [0.3, 0.4) is 0 Å². The summed E-state index contributed by atoms with van der Waals surface area (Å²) in [6.07, 6.45) is -3.79. The van der Waals surface area contributed by atoms with Crippen LogP contribution in [0, 0.1) is 0 Å². The van der Waals surface area contributed by atoms with Gasteiger partial charge in [0.05, 0.1) is 5.56 Å². The highest BCUT2D eigenvalue weighted by Gasteiger charge is 2.30.